The molecule has 5 aromatic rings. The van der Waals surface area contributed by atoms with Gasteiger partial charge in [0.05, 0.1) is 25.5 Å². The lowest BCUT2D eigenvalue weighted by Crippen LogP contribution is -2.11. The SMILES string of the molecule is O=C(CCc1cc(Br)c(OC(=O)c2c3ccccc3nc3ccccc23)c(Br)c1)OCc1ccccc1. The van der Waals surface area contributed by atoms with Crippen LogP contribution in [-0.4, -0.2) is 16.9 Å². The number of fused-ring (bicyclic) bond motifs is 2. The standard InChI is InChI=1S/C30H21Br2NO4/c31-23-16-20(14-15-27(34)36-18-19-8-2-1-3-9-19)17-24(32)29(23)37-30(35)28-21-10-4-6-12-25(21)33-26-13-7-5-11-22(26)28/h1-13,16-17H,14-15,18H2. The summed E-state index contributed by atoms with van der Waals surface area (Å²) in [5.41, 5.74) is 3.75. The molecular weight excluding hydrogens is 598 g/mol. The average molecular weight is 619 g/mol. The van der Waals surface area contributed by atoms with E-state index in [0.717, 1.165) is 32.9 Å². The van der Waals surface area contributed by atoms with Gasteiger partial charge in [0.25, 0.3) is 0 Å². The molecule has 0 radical (unpaired) electrons. The fraction of sp³-hybridized carbons (Fsp3) is 0.100. The summed E-state index contributed by atoms with van der Waals surface area (Å²) in [6.45, 7) is 0.250. The van der Waals surface area contributed by atoms with Crippen LogP contribution in [0, 0.1) is 0 Å². The van der Waals surface area contributed by atoms with Crippen LogP contribution in [0.3, 0.4) is 0 Å². The number of nitrogens with zero attached hydrogens (tertiary/aromatic N) is 1. The predicted octanol–water partition coefficient (Wildman–Crippen LogP) is 7.81. The summed E-state index contributed by atoms with van der Waals surface area (Å²) in [6.07, 6.45) is 0.721. The molecule has 0 spiro atoms. The fourth-order valence-electron chi connectivity index (χ4n) is 4.11. The topological polar surface area (TPSA) is 65.5 Å². The highest BCUT2D eigenvalue weighted by atomic mass is 79.9. The van der Waals surface area contributed by atoms with E-state index in [2.05, 4.69) is 36.8 Å². The second kappa shape index (κ2) is 11.2. The van der Waals surface area contributed by atoms with E-state index >= 15 is 0 Å². The zero-order valence-corrected chi connectivity index (χ0v) is 22.8. The number of para-hydroxylation sites is 2. The number of halogens is 2. The molecule has 5 rings (SSSR count). The van der Waals surface area contributed by atoms with E-state index in [1.165, 1.54) is 0 Å². The van der Waals surface area contributed by atoms with Crippen LogP contribution in [0.5, 0.6) is 5.75 Å². The second-order valence-electron chi connectivity index (χ2n) is 8.45. The van der Waals surface area contributed by atoms with Gasteiger partial charge in [0.2, 0.25) is 0 Å². The average Bonchev–Trinajstić information content (AvgIpc) is 2.91. The van der Waals surface area contributed by atoms with Gasteiger partial charge in [-0.25, -0.2) is 9.78 Å². The van der Waals surface area contributed by atoms with Crippen LogP contribution in [0.25, 0.3) is 21.8 Å². The maximum absolute atomic E-state index is 13.5. The molecule has 0 saturated carbocycles. The Morgan fingerprint density at radius 3 is 1.92 bits per heavy atom. The molecule has 0 aliphatic heterocycles. The lowest BCUT2D eigenvalue weighted by Gasteiger charge is -2.14. The Morgan fingerprint density at radius 1 is 0.730 bits per heavy atom. The molecule has 0 bridgehead atoms. The van der Waals surface area contributed by atoms with Crippen LogP contribution in [0.1, 0.15) is 27.9 Å². The summed E-state index contributed by atoms with van der Waals surface area (Å²) in [4.78, 5) is 30.4. The molecular formula is C30H21Br2NO4. The number of aromatic nitrogens is 1. The molecule has 0 N–H and O–H groups in total. The molecule has 0 atom stereocenters. The van der Waals surface area contributed by atoms with Gasteiger partial charge in [-0.15, -0.1) is 0 Å². The molecule has 0 amide bonds. The molecule has 5 nitrogen and oxygen atoms in total. The van der Waals surface area contributed by atoms with Crippen molar-refractivity contribution in [2.75, 3.05) is 0 Å². The molecule has 0 unspecified atom stereocenters. The van der Waals surface area contributed by atoms with E-state index in [-0.39, 0.29) is 19.0 Å². The molecule has 7 heteroatoms. The number of carbonyl (C=O) groups is 2. The number of esters is 2. The molecule has 184 valence electrons. The lowest BCUT2D eigenvalue weighted by atomic mass is 10.0. The van der Waals surface area contributed by atoms with Crippen LogP contribution >= 0.6 is 31.9 Å². The fourth-order valence-corrected chi connectivity index (χ4v) is 5.56. The summed E-state index contributed by atoms with van der Waals surface area (Å²) in [6, 6.07) is 28.3. The summed E-state index contributed by atoms with van der Waals surface area (Å²) >= 11 is 7.06. The summed E-state index contributed by atoms with van der Waals surface area (Å²) < 4.78 is 12.5. The number of pyridine rings is 1. The highest BCUT2D eigenvalue weighted by molar-refractivity contribution is 9.11. The van der Waals surface area contributed by atoms with Crippen LogP contribution in [0.2, 0.25) is 0 Å². The van der Waals surface area contributed by atoms with E-state index in [1.807, 2.05) is 91.0 Å². The number of ether oxygens (including phenoxy) is 2. The second-order valence-corrected chi connectivity index (χ2v) is 10.2. The van der Waals surface area contributed by atoms with Crippen molar-refractivity contribution in [2.24, 2.45) is 0 Å². The summed E-state index contributed by atoms with van der Waals surface area (Å²) in [5.74, 6) is -0.387. The minimum atomic E-state index is -0.478. The van der Waals surface area contributed by atoms with Crippen molar-refractivity contribution in [3.05, 3.63) is 117 Å². The smallest absolute Gasteiger partial charge is 0.344 e. The van der Waals surface area contributed by atoms with E-state index in [9.17, 15) is 9.59 Å². The third-order valence-corrected chi connectivity index (χ3v) is 7.08. The minimum Gasteiger partial charge on any atom is -0.461 e. The van der Waals surface area contributed by atoms with Gasteiger partial charge in [0, 0.05) is 17.2 Å². The molecule has 0 aliphatic carbocycles. The zero-order chi connectivity index (χ0) is 25.8. The van der Waals surface area contributed by atoms with Crippen LogP contribution in [-0.2, 0) is 22.6 Å². The first-order chi connectivity index (χ1) is 18.0. The maximum Gasteiger partial charge on any atom is 0.344 e. The first-order valence-corrected chi connectivity index (χ1v) is 13.3. The molecule has 0 saturated heterocycles. The highest BCUT2D eigenvalue weighted by Gasteiger charge is 2.21. The van der Waals surface area contributed by atoms with Crippen molar-refractivity contribution in [1.82, 2.24) is 4.98 Å². The van der Waals surface area contributed by atoms with Crippen molar-refractivity contribution in [3.63, 3.8) is 0 Å². The van der Waals surface area contributed by atoms with Crippen molar-refractivity contribution in [2.45, 2.75) is 19.4 Å². The Labute approximate surface area is 230 Å². The number of hydrogen-bond acceptors (Lipinski definition) is 5. The zero-order valence-electron chi connectivity index (χ0n) is 19.6. The van der Waals surface area contributed by atoms with Gasteiger partial charge in [0.15, 0.2) is 5.75 Å². The number of benzene rings is 4. The Hall–Kier alpha value is -3.55. The molecule has 0 fully saturated rings. The van der Waals surface area contributed by atoms with Crippen molar-refractivity contribution < 1.29 is 19.1 Å². The normalized spacial score (nSPS) is 11.0. The number of carbonyl (C=O) groups excluding carboxylic acids is 2. The highest BCUT2D eigenvalue weighted by Crippen LogP contribution is 2.37. The molecule has 1 heterocycles. The largest absolute Gasteiger partial charge is 0.461 e. The first-order valence-electron chi connectivity index (χ1n) is 11.7. The van der Waals surface area contributed by atoms with Crippen molar-refractivity contribution >= 4 is 65.6 Å². The van der Waals surface area contributed by atoms with Gasteiger partial charge in [-0.2, -0.15) is 0 Å². The lowest BCUT2D eigenvalue weighted by molar-refractivity contribution is -0.144. The van der Waals surface area contributed by atoms with E-state index in [0.29, 0.717) is 26.7 Å². The van der Waals surface area contributed by atoms with Crippen LogP contribution < -0.4 is 4.74 Å². The van der Waals surface area contributed by atoms with Gasteiger partial charge in [-0.1, -0.05) is 66.7 Å². The van der Waals surface area contributed by atoms with Gasteiger partial charge in [-0.05, 0) is 73.7 Å². The minimum absolute atomic E-state index is 0.236. The van der Waals surface area contributed by atoms with Crippen molar-refractivity contribution in [1.29, 1.82) is 0 Å². The monoisotopic (exact) mass is 617 g/mol. The quantitative estimate of drug-likeness (QED) is 0.106. The Kier molecular flexibility index (Phi) is 7.63. The summed E-state index contributed by atoms with van der Waals surface area (Å²) in [5, 5.41) is 1.45. The van der Waals surface area contributed by atoms with E-state index < -0.39 is 5.97 Å². The maximum atomic E-state index is 13.5. The van der Waals surface area contributed by atoms with E-state index in [1.54, 1.807) is 0 Å². The number of rotatable bonds is 7. The molecule has 0 aliphatic rings. The van der Waals surface area contributed by atoms with Gasteiger partial charge in [-0.3, -0.25) is 4.79 Å². The number of aryl methyl sites for hydroxylation is 1. The Balaban J connectivity index is 1.33. The number of hydrogen-bond donors (Lipinski definition) is 0. The Morgan fingerprint density at radius 2 is 1.30 bits per heavy atom. The molecule has 4 aromatic carbocycles. The molecule has 37 heavy (non-hydrogen) atoms. The van der Waals surface area contributed by atoms with Crippen LogP contribution in [0.15, 0.2) is 99.9 Å². The first kappa shape index (κ1) is 25.1. The third kappa shape index (κ3) is 5.73. The van der Waals surface area contributed by atoms with Gasteiger partial charge < -0.3 is 9.47 Å². The van der Waals surface area contributed by atoms with Gasteiger partial charge in [0.1, 0.15) is 6.61 Å². The third-order valence-electron chi connectivity index (χ3n) is 5.91. The van der Waals surface area contributed by atoms with E-state index in [4.69, 9.17) is 9.47 Å². The predicted molar refractivity (Wildman–Crippen MR) is 151 cm³/mol. The molecule has 1 aromatic heterocycles. The van der Waals surface area contributed by atoms with Gasteiger partial charge >= 0.3 is 11.9 Å². The van der Waals surface area contributed by atoms with Crippen LogP contribution in [0.4, 0.5) is 0 Å². The van der Waals surface area contributed by atoms with Crippen molar-refractivity contribution in [3.8, 4) is 5.75 Å². The summed E-state index contributed by atoms with van der Waals surface area (Å²) in [7, 11) is 0. The Bertz CT molecular complexity index is 1540.